The van der Waals surface area contributed by atoms with Crippen molar-refractivity contribution in [1.29, 1.82) is 0 Å². The minimum absolute atomic E-state index is 0. The van der Waals surface area contributed by atoms with Gasteiger partial charge in [0, 0.05) is 27.5 Å². The first-order valence-corrected chi connectivity index (χ1v) is 8.93. The summed E-state index contributed by atoms with van der Waals surface area (Å²) in [6, 6.07) is 0. The summed E-state index contributed by atoms with van der Waals surface area (Å²) in [5.74, 6) is 2.01. The molecule has 2 aliphatic rings. The molecule has 0 aromatic heterocycles. The summed E-state index contributed by atoms with van der Waals surface area (Å²) < 4.78 is 0. The molecule has 21 heavy (non-hydrogen) atoms. The van der Waals surface area contributed by atoms with Crippen LogP contribution in [0.15, 0.2) is 0 Å². The Morgan fingerprint density at radius 3 is 2.24 bits per heavy atom. The van der Waals surface area contributed by atoms with Crippen LogP contribution in [0.3, 0.4) is 0 Å². The Hall–Kier alpha value is -0.610. The minimum Gasteiger partial charge on any atom is -0.343 e. The van der Waals surface area contributed by atoms with Crippen LogP contribution in [0.4, 0.5) is 0 Å². The van der Waals surface area contributed by atoms with Crippen LogP contribution < -0.4 is 5.32 Å². The van der Waals surface area contributed by atoms with E-state index in [1.807, 2.05) is 6.92 Å². The van der Waals surface area contributed by atoms with Crippen molar-refractivity contribution in [2.75, 3.05) is 45.8 Å². The molecule has 2 rings (SSSR count). The van der Waals surface area contributed by atoms with Gasteiger partial charge >= 0.3 is 0 Å². The topological polar surface area (TPSA) is 35.6 Å². The van der Waals surface area contributed by atoms with Gasteiger partial charge in [-0.25, -0.2) is 0 Å². The zero-order valence-corrected chi connectivity index (χ0v) is 13.9. The third-order valence-electron chi connectivity index (χ3n) is 5.18. The average molecular weight is 297 g/mol. The summed E-state index contributed by atoms with van der Waals surface area (Å²) in [4.78, 5) is 16.4. The Morgan fingerprint density at radius 2 is 1.67 bits per heavy atom. The molecule has 0 aromatic rings. The Morgan fingerprint density at radius 1 is 1.05 bits per heavy atom. The SMILES string of the molecule is CCNCC1CCN(CC2CCN(C(=O)CC)CC2)CC1.[HH]. The number of carbonyl (C=O) groups excluding carboxylic acids is 1. The van der Waals surface area contributed by atoms with E-state index in [2.05, 4.69) is 22.0 Å². The number of amides is 1. The lowest BCUT2D eigenvalue weighted by molar-refractivity contribution is -0.132. The predicted octanol–water partition coefficient (Wildman–Crippen LogP) is 2.20. The Labute approximate surface area is 131 Å². The van der Waals surface area contributed by atoms with Gasteiger partial charge in [0.25, 0.3) is 0 Å². The van der Waals surface area contributed by atoms with Crippen LogP contribution in [0.5, 0.6) is 0 Å². The summed E-state index contributed by atoms with van der Waals surface area (Å²) in [7, 11) is 0. The molecule has 0 aromatic carbocycles. The lowest BCUT2D eigenvalue weighted by atomic mass is 9.92. The van der Waals surface area contributed by atoms with Gasteiger partial charge in [0.2, 0.25) is 5.91 Å². The molecule has 124 valence electrons. The van der Waals surface area contributed by atoms with Crippen LogP contribution in [0.2, 0.25) is 0 Å². The van der Waals surface area contributed by atoms with Gasteiger partial charge in [0.15, 0.2) is 0 Å². The quantitative estimate of drug-likeness (QED) is 0.816. The average Bonchev–Trinajstić information content (AvgIpc) is 2.54. The summed E-state index contributed by atoms with van der Waals surface area (Å²) >= 11 is 0. The van der Waals surface area contributed by atoms with E-state index in [1.165, 1.54) is 51.9 Å². The van der Waals surface area contributed by atoms with E-state index in [0.29, 0.717) is 12.3 Å². The molecule has 0 saturated carbocycles. The summed E-state index contributed by atoms with van der Waals surface area (Å²) in [6.45, 7) is 12.2. The molecule has 1 amide bonds. The molecule has 2 aliphatic heterocycles. The third-order valence-corrected chi connectivity index (χ3v) is 5.18. The molecule has 0 spiro atoms. The fraction of sp³-hybridized carbons (Fsp3) is 0.941. The molecule has 1 N–H and O–H groups in total. The van der Waals surface area contributed by atoms with Crippen molar-refractivity contribution in [3.63, 3.8) is 0 Å². The molecular weight excluding hydrogens is 262 g/mol. The maximum absolute atomic E-state index is 11.7. The predicted molar refractivity (Wildman–Crippen MR) is 89.4 cm³/mol. The Bertz CT molecular complexity index is 311. The zero-order chi connectivity index (χ0) is 15.1. The first kappa shape index (κ1) is 16.8. The van der Waals surface area contributed by atoms with Crippen LogP contribution in [-0.4, -0.2) is 61.5 Å². The fourth-order valence-electron chi connectivity index (χ4n) is 3.68. The minimum atomic E-state index is 0. The van der Waals surface area contributed by atoms with Crippen molar-refractivity contribution in [2.45, 2.75) is 46.0 Å². The second-order valence-corrected chi connectivity index (χ2v) is 6.73. The summed E-state index contributed by atoms with van der Waals surface area (Å²) in [5, 5.41) is 3.48. The monoisotopic (exact) mass is 297 g/mol. The Balaban J connectivity index is 0.00000242. The lowest BCUT2D eigenvalue weighted by Gasteiger charge is -2.37. The fourth-order valence-corrected chi connectivity index (χ4v) is 3.68. The number of rotatable bonds is 6. The third kappa shape index (κ3) is 5.26. The number of nitrogens with zero attached hydrogens (tertiary/aromatic N) is 2. The van der Waals surface area contributed by atoms with E-state index in [-0.39, 0.29) is 1.43 Å². The number of hydrogen-bond acceptors (Lipinski definition) is 3. The molecule has 2 fully saturated rings. The van der Waals surface area contributed by atoms with E-state index in [1.54, 1.807) is 0 Å². The van der Waals surface area contributed by atoms with E-state index < -0.39 is 0 Å². The van der Waals surface area contributed by atoms with Crippen molar-refractivity contribution >= 4 is 5.91 Å². The van der Waals surface area contributed by atoms with Crippen LogP contribution in [0.25, 0.3) is 0 Å². The van der Waals surface area contributed by atoms with Crippen molar-refractivity contribution < 1.29 is 6.22 Å². The van der Waals surface area contributed by atoms with E-state index in [4.69, 9.17) is 0 Å². The molecule has 0 radical (unpaired) electrons. The number of carbonyl (C=O) groups is 1. The maximum atomic E-state index is 11.7. The first-order chi connectivity index (χ1) is 10.2. The molecule has 0 aliphatic carbocycles. The largest absolute Gasteiger partial charge is 0.343 e. The normalized spacial score (nSPS) is 22.7. The molecule has 0 bridgehead atoms. The molecule has 4 heteroatoms. The number of likely N-dealkylation sites (tertiary alicyclic amines) is 2. The van der Waals surface area contributed by atoms with Crippen LogP contribution in [0, 0.1) is 11.8 Å². The maximum Gasteiger partial charge on any atom is 0.222 e. The van der Waals surface area contributed by atoms with Crippen LogP contribution >= 0.6 is 0 Å². The molecule has 2 saturated heterocycles. The number of hydrogen-bond donors (Lipinski definition) is 1. The van der Waals surface area contributed by atoms with Gasteiger partial charge in [-0.1, -0.05) is 13.8 Å². The van der Waals surface area contributed by atoms with E-state index in [0.717, 1.165) is 31.5 Å². The first-order valence-electron chi connectivity index (χ1n) is 8.93. The highest BCUT2D eigenvalue weighted by molar-refractivity contribution is 5.75. The highest BCUT2D eigenvalue weighted by Gasteiger charge is 2.25. The van der Waals surface area contributed by atoms with Gasteiger partial charge < -0.3 is 15.1 Å². The molecular formula is C17H35N3O. The highest BCUT2D eigenvalue weighted by Crippen LogP contribution is 2.22. The number of nitrogens with one attached hydrogen (secondary N) is 1. The standard InChI is InChI=1S/C17H33N3O.H2/c1-3-17(21)20-11-7-16(8-12-20)14-19-9-5-15(6-10-19)13-18-4-2;/h15-16,18H,3-14H2,1-2H3;1H. The van der Waals surface area contributed by atoms with Crippen LogP contribution in [-0.2, 0) is 4.79 Å². The Kier molecular flexibility index (Phi) is 6.97. The molecule has 0 unspecified atom stereocenters. The van der Waals surface area contributed by atoms with Crippen molar-refractivity contribution in [2.24, 2.45) is 11.8 Å². The van der Waals surface area contributed by atoms with Gasteiger partial charge in [0.05, 0.1) is 0 Å². The molecule has 2 heterocycles. The molecule has 0 atom stereocenters. The van der Waals surface area contributed by atoms with Gasteiger partial charge in [-0.15, -0.1) is 0 Å². The van der Waals surface area contributed by atoms with Gasteiger partial charge in [-0.2, -0.15) is 0 Å². The van der Waals surface area contributed by atoms with Crippen LogP contribution in [0.1, 0.15) is 47.4 Å². The summed E-state index contributed by atoms with van der Waals surface area (Å²) in [5.41, 5.74) is 0. The van der Waals surface area contributed by atoms with Gasteiger partial charge in [-0.05, 0) is 63.7 Å². The highest BCUT2D eigenvalue weighted by atomic mass is 16.2. The lowest BCUT2D eigenvalue weighted by Crippen LogP contribution is -2.43. The van der Waals surface area contributed by atoms with E-state index in [9.17, 15) is 4.79 Å². The second-order valence-electron chi connectivity index (χ2n) is 6.73. The summed E-state index contributed by atoms with van der Waals surface area (Å²) in [6.07, 6.45) is 5.75. The smallest absolute Gasteiger partial charge is 0.222 e. The molecule has 4 nitrogen and oxygen atoms in total. The second kappa shape index (κ2) is 8.74. The van der Waals surface area contributed by atoms with Gasteiger partial charge in [0.1, 0.15) is 0 Å². The van der Waals surface area contributed by atoms with Gasteiger partial charge in [-0.3, -0.25) is 4.79 Å². The number of piperidine rings is 2. The zero-order valence-electron chi connectivity index (χ0n) is 13.9. The van der Waals surface area contributed by atoms with Crippen molar-refractivity contribution in [3.05, 3.63) is 0 Å². The van der Waals surface area contributed by atoms with Crippen molar-refractivity contribution in [3.8, 4) is 0 Å². The van der Waals surface area contributed by atoms with E-state index >= 15 is 0 Å². The van der Waals surface area contributed by atoms with Crippen molar-refractivity contribution in [1.82, 2.24) is 15.1 Å².